The standard InChI is InChI=1S/C18H16N6O2/c1-25-16-8-2-13(3-9-16)18-22-17(26-23-18)10-20-14-4-6-15(7-5-14)24-12-19-11-21-24/h2-9,11-12,20H,10H2,1H3. The minimum Gasteiger partial charge on any atom is -0.497 e. The minimum absolute atomic E-state index is 0.436. The van der Waals surface area contributed by atoms with E-state index in [0.29, 0.717) is 18.3 Å². The molecule has 0 aliphatic heterocycles. The van der Waals surface area contributed by atoms with Crippen molar-refractivity contribution in [2.45, 2.75) is 6.54 Å². The lowest BCUT2D eigenvalue weighted by Gasteiger charge is -2.05. The first kappa shape index (κ1) is 15.8. The summed E-state index contributed by atoms with van der Waals surface area (Å²) in [6, 6.07) is 15.3. The molecular formula is C18H16N6O2. The summed E-state index contributed by atoms with van der Waals surface area (Å²) in [5.74, 6) is 1.84. The molecule has 2 aromatic heterocycles. The lowest BCUT2D eigenvalue weighted by molar-refractivity contribution is 0.384. The Morgan fingerprint density at radius 1 is 1.08 bits per heavy atom. The van der Waals surface area contributed by atoms with E-state index in [2.05, 4.69) is 25.5 Å². The van der Waals surface area contributed by atoms with Crippen molar-refractivity contribution in [3.05, 3.63) is 67.1 Å². The molecule has 130 valence electrons. The summed E-state index contributed by atoms with van der Waals surface area (Å²) in [6.45, 7) is 0.436. The molecule has 0 fully saturated rings. The van der Waals surface area contributed by atoms with Gasteiger partial charge in [-0.3, -0.25) is 0 Å². The predicted molar refractivity (Wildman–Crippen MR) is 95.0 cm³/mol. The van der Waals surface area contributed by atoms with E-state index >= 15 is 0 Å². The van der Waals surface area contributed by atoms with Crippen molar-refractivity contribution in [2.75, 3.05) is 12.4 Å². The highest BCUT2D eigenvalue weighted by atomic mass is 16.5. The van der Waals surface area contributed by atoms with Gasteiger partial charge in [-0.15, -0.1) is 0 Å². The van der Waals surface area contributed by atoms with Crippen LogP contribution >= 0.6 is 0 Å². The molecule has 8 nitrogen and oxygen atoms in total. The Hall–Kier alpha value is -3.68. The molecule has 8 heteroatoms. The van der Waals surface area contributed by atoms with Crippen LogP contribution in [-0.4, -0.2) is 32.0 Å². The highest BCUT2D eigenvalue weighted by Crippen LogP contribution is 2.20. The smallest absolute Gasteiger partial charge is 0.246 e. The van der Waals surface area contributed by atoms with Crippen LogP contribution in [0.25, 0.3) is 17.1 Å². The lowest BCUT2D eigenvalue weighted by atomic mass is 10.2. The van der Waals surface area contributed by atoms with Crippen molar-refractivity contribution in [3.8, 4) is 22.8 Å². The fourth-order valence-electron chi connectivity index (χ4n) is 2.44. The second-order valence-corrected chi connectivity index (χ2v) is 5.48. The van der Waals surface area contributed by atoms with Crippen LogP contribution in [0.1, 0.15) is 5.89 Å². The molecule has 0 saturated carbocycles. The third-order valence-corrected chi connectivity index (χ3v) is 3.81. The van der Waals surface area contributed by atoms with Crippen molar-refractivity contribution >= 4 is 5.69 Å². The maximum atomic E-state index is 5.30. The van der Waals surface area contributed by atoms with Gasteiger partial charge < -0.3 is 14.6 Å². The second-order valence-electron chi connectivity index (χ2n) is 5.48. The third kappa shape index (κ3) is 3.39. The quantitative estimate of drug-likeness (QED) is 0.573. The van der Waals surface area contributed by atoms with Gasteiger partial charge in [-0.2, -0.15) is 10.1 Å². The number of anilines is 1. The topological polar surface area (TPSA) is 90.9 Å². The maximum Gasteiger partial charge on any atom is 0.246 e. The summed E-state index contributed by atoms with van der Waals surface area (Å²) in [7, 11) is 1.63. The summed E-state index contributed by atoms with van der Waals surface area (Å²) in [4.78, 5) is 8.34. The van der Waals surface area contributed by atoms with Crippen LogP contribution in [0.15, 0.2) is 65.7 Å². The van der Waals surface area contributed by atoms with E-state index in [9.17, 15) is 0 Å². The highest BCUT2D eigenvalue weighted by molar-refractivity contribution is 5.55. The lowest BCUT2D eigenvalue weighted by Crippen LogP contribution is -2.00. The summed E-state index contributed by atoms with van der Waals surface area (Å²) < 4.78 is 12.1. The van der Waals surface area contributed by atoms with Gasteiger partial charge in [0.05, 0.1) is 19.3 Å². The molecule has 0 spiro atoms. The van der Waals surface area contributed by atoms with E-state index in [1.807, 2.05) is 48.5 Å². The molecule has 1 N–H and O–H groups in total. The van der Waals surface area contributed by atoms with Crippen LogP contribution in [0, 0.1) is 0 Å². The number of methoxy groups -OCH3 is 1. The Morgan fingerprint density at radius 3 is 2.58 bits per heavy atom. The van der Waals surface area contributed by atoms with Crippen molar-refractivity contribution in [2.24, 2.45) is 0 Å². The van der Waals surface area contributed by atoms with Crippen LogP contribution in [0.4, 0.5) is 5.69 Å². The molecular weight excluding hydrogens is 332 g/mol. The molecule has 0 unspecified atom stereocenters. The van der Waals surface area contributed by atoms with Crippen molar-refractivity contribution in [3.63, 3.8) is 0 Å². The molecule has 0 saturated heterocycles. The molecule has 0 aliphatic carbocycles. The zero-order chi connectivity index (χ0) is 17.8. The Kier molecular flexibility index (Phi) is 4.29. The molecule has 0 bridgehead atoms. The number of nitrogens with one attached hydrogen (secondary N) is 1. The Morgan fingerprint density at radius 2 is 1.88 bits per heavy atom. The molecule has 0 aliphatic rings. The normalized spacial score (nSPS) is 10.7. The fraction of sp³-hybridized carbons (Fsp3) is 0.111. The van der Waals surface area contributed by atoms with Crippen LogP contribution in [-0.2, 0) is 6.54 Å². The van der Waals surface area contributed by atoms with Gasteiger partial charge >= 0.3 is 0 Å². The number of benzene rings is 2. The summed E-state index contributed by atoms with van der Waals surface area (Å²) >= 11 is 0. The SMILES string of the molecule is COc1ccc(-c2noc(CNc3ccc(-n4cncn4)cc3)n2)cc1. The largest absolute Gasteiger partial charge is 0.497 e. The Bertz CT molecular complexity index is 962. The molecule has 2 aromatic carbocycles. The molecule has 0 atom stereocenters. The molecule has 4 rings (SSSR count). The van der Waals surface area contributed by atoms with E-state index < -0.39 is 0 Å². The summed E-state index contributed by atoms with van der Waals surface area (Å²) in [5.41, 5.74) is 2.75. The van der Waals surface area contributed by atoms with Crippen LogP contribution in [0.3, 0.4) is 0 Å². The van der Waals surface area contributed by atoms with Crippen molar-refractivity contribution < 1.29 is 9.26 Å². The van der Waals surface area contributed by atoms with E-state index in [-0.39, 0.29) is 0 Å². The first-order chi connectivity index (χ1) is 12.8. The summed E-state index contributed by atoms with van der Waals surface area (Å²) in [6.07, 6.45) is 3.16. The zero-order valence-electron chi connectivity index (χ0n) is 14.0. The minimum atomic E-state index is 0.436. The van der Waals surface area contributed by atoms with E-state index in [1.165, 1.54) is 6.33 Å². The Labute approximate surface area is 149 Å². The predicted octanol–water partition coefficient (Wildman–Crippen LogP) is 2.94. The first-order valence-corrected chi connectivity index (χ1v) is 7.98. The van der Waals surface area contributed by atoms with Crippen LogP contribution in [0.2, 0.25) is 0 Å². The Balaban J connectivity index is 1.39. The first-order valence-electron chi connectivity index (χ1n) is 7.98. The maximum absolute atomic E-state index is 5.30. The van der Waals surface area contributed by atoms with Gasteiger partial charge in [0.15, 0.2) is 0 Å². The summed E-state index contributed by atoms with van der Waals surface area (Å²) in [5, 5.41) is 11.4. The number of aromatic nitrogens is 5. The molecule has 0 amide bonds. The molecule has 2 heterocycles. The molecule has 4 aromatic rings. The third-order valence-electron chi connectivity index (χ3n) is 3.81. The van der Waals surface area contributed by atoms with Gasteiger partial charge in [0, 0.05) is 11.3 Å². The average molecular weight is 348 g/mol. The second kappa shape index (κ2) is 7.06. The van der Waals surface area contributed by atoms with Gasteiger partial charge in [0.1, 0.15) is 18.4 Å². The molecule has 0 radical (unpaired) electrons. The average Bonchev–Trinajstić information content (AvgIpc) is 3.39. The van der Waals surface area contributed by atoms with E-state index in [4.69, 9.17) is 9.26 Å². The molecule has 26 heavy (non-hydrogen) atoms. The number of ether oxygens (including phenoxy) is 1. The number of hydrogen-bond acceptors (Lipinski definition) is 7. The van der Waals surface area contributed by atoms with E-state index in [0.717, 1.165) is 22.7 Å². The number of nitrogens with zero attached hydrogens (tertiary/aromatic N) is 5. The number of hydrogen-bond donors (Lipinski definition) is 1. The van der Waals surface area contributed by atoms with Crippen LogP contribution in [0.5, 0.6) is 5.75 Å². The highest BCUT2D eigenvalue weighted by Gasteiger charge is 2.08. The van der Waals surface area contributed by atoms with Gasteiger partial charge in [0.2, 0.25) is 11.7 Å². The van der Waals surface area contributed by atoms with Gasteiger partial charge in [-0.05, 0) is 48.5 Å². The van der Waals surface area contributed by atoms with Gasteiger partial charge in [-0.1, -0.05) is 5.16 Å². The van der Waals surface area contributed by atoms with E-state index in [1.54, 1.807) is 18.1 Å². The fourth-order valence-corrected chi connectivity index (χ4v) is 2.44. The van der Waals surface area contributed by atoms with Crippen molar-refractivity contribution in [1.29, 1.82) is 0 Å². The van der Waals surface area contributed by atoms with Gasteiger partial charge in [0.25, 0.3) is 0 Å². The number of rotatable bonds is 6. The van der Waals surface area contributed by atoms with Crippen LogP contribution < -0.4 is 10.1 Å². The monoisotopic (exact) mass is 348 g/mol. The van der Waals surface area contributed by atoms with Gasteiger partial charge in [-0.25, -0.2) is 9.67 Å². The zero-order valence-corrected chi connectivity index (χ0v) is 14.0. The van der Waals surface area contributed by atoms with Crippen molar-refractivity contribution in [1.82, 2.24) is 24.9 Å².